The number of amides is 2. The second-order valence-electron chi connectivity index (χ2n) is 3.40. The van der Waals surface area contributed by atoms with Gasteiger partial charge in [-0.25, -0.2) is 9.59 Å². The van der Waals surface area contributed by atoms with Crippen molar-refractivity contribution in [3.05, 3.63) is 0 Å². The van der Waals surface area contributed by atoms with Crippen molar-refractivity contribution in [2.24, 2.45) is 0 Å². The zero-order valence-electron chi connectivity index (χ0n) is 10.6. The van der Waals surface area contributed by atoms with Crippen molar-refractivity contribution in [3.63, 3.8) is 0 Å². The first kappa shape index (κ1) is 16.7. The first-order valence-corrected chi connectivity index (χ1v) is 5.31. The van der Waals surface area contributed by atoms with Crippen molar-refractivity contribution in [1.82, 2.24) is 10.6 Å². The maximum Gasteiger partial charge on any atom is 0.326 e. The van der Waals surface area contributed by atoms with Crippen LogP contribution in [0.5, 0.6) is 0 Å². The molecule has 0 aliphatic carbocycles. The highest BCUT2D eigenvalue weighted by molar-refractivity contribution is 5.86. The second-order valence-corrected chi connectivity index (χ2v) is 3.40. The average Bonchev–Trinajstić information content (AvgIpc) is 2.37. The summed E-state index contributed by atoms with van der Waals surface area (Å²) in [5, 5.41) is 13.1. The fourth-order valence-electron chi connectivity index (χ4n) is 1.04. The van der Waals surface area contributed by atoms with E-state index in [2.05, 4.69) is 20.1 Å². The highest BCUT2D eigenvalue weighted by Crippen LogP contribution is 1.95. The van der Waals surface area contributed by atoms with Gasteiger partial charge in [0.25, 0.3) is 0 Å². The number of carboxylic acids is 1. The van der Waals surface area contributed by atoms with E-state index in [1.165, 1.54) is 7.11 Å². The molecule has 0 heterocycles. The molecule has 108 valence electrons. The van der Waals surface area contributed by atoms with Crippen LogP contribution in [0.2, 0.25) is 0 Å². The van der Waals surface area contributed by atoms with Crippen molar-refractivity contribution < 1.29 is 33.8 Å². The van der Waals surface area contributed by atoms with Crippen LogP contribution in [0.15, 0.2) is 0 Å². The number of carbonyl (C=O) groups excluding carboxylic acids is 3. The molecule has 1 atom stereocenters. The Labute approximate surface area is 109 Å². The maximum atomic E-state index is 11.3. The van der Waals surface area contributed by atoms with Gasteiger partial charge in [0.1, 0.15) is 6.04 Å². The Kier molecular flexibility index (Phi) is 7.66. The van der Waals surface area contributed by atoms with Gasteiger partial charge in [-0.15, -0.1) is 0 Å². The van der Waals surface area contributed by atoms with Crippen molar-refractivity contribution >= 4 is 23.9 Å². The van der Waals surface area contributed by atoms with E-state index in [9.17, 15) is 19.2 Å². The highest BCUT2D eigenvalue weighted by atomic mass is 16.5. The number of ether oxygens (including phenoxy) is 2. The number of urea groups is 1. The van der Waals surface area contributed by atoms with E-state index in [4.69, 9.17) is 5.11 Å². The number of hydrogen-bond acceptors (Lipinski definition) is 6. The minimum Gasteiger partial charge on any atom is -0.480 e. The Bertz CT molecular complexity index is 356. The highest BCUT2D eigenvalue weighted by Gasteiger charge is 2.23. The summed E-state index contributed by atoms with van der Waals surface area (Å²) in [5.41, 5.74) is 0. The van der Waals surface area contributed by atoms with Crippen LogP contribution in [0.25, 0.3) is 0 Å². The largest absolute Gasteiger partial charge is 0.480 e. The lowest BCUT2D eigenvalue weighted by atomic mass is 10.2. The lowest BCUT2D eigenvalue weighted by Crippen LogP contribution is -2.47. The lowest BCUT2D eigenvalue weighted by molar-refractivity contribution is -0.147. The fraction of sp³-hybridized carbons (Fsp3) is 0.600. The third-order valence-electron chi connectivity index (χ3n) is 2.04. The second kappa shape index (κ2) is 8.72. The Balaban J connectivity index is 4.14. The van der Waals surface area contributed by atoms with Gasteiger partial charge in [-0.3, -0.25) is 9.59 Å². The number of carbonyl (C=O) groups is 4. The molecule has 0 fully saturated rings. The van der Waals surface area contributed by atoms with E-state index in [0.29, 0.717) is 0 Å². The summed E-state index contributed by atoms with van der Waals surface area (Å²) in [6, 6.07) is -2.20. The normalized spacial score (nSPS) is 11.1. The predicted octanol–water partition coefficient (Wildman–Crippen LogP) is -1.13. The summed E-state index contributed by atoms with van der Waals surface area (Å²) in [6.07, 6.45) is -0.533. The summed E-state index contributed by atoms with van der Waals surface area (Å²) in [7, 11) is 2.32. The summed E-state index contributed by atoms with van der Waals surface area (Å²) in [4.78, 5) is 43.8. The van der Waals surface area contributed by atoms with Crippen LogP contribution in [-0.4, -0.2) is 55.9 Å². The van der Waals surface area contributed by atoms with Gasteiger partial charge in [0.2, 0.25) is 0 Å². The Morgan fingerprint density at radius 1 is 1.11 bits per heavy atom. The van der Waals surface area contributed by atoms with Crippen LogP contribution >= 0.6 is 0 Å². The summed E-state index contributed by atoms with van der Waals surface area (Å²) in [5.74, 6) is -2.64. The lowest BCUT2D eigenvalue weighted by Gasteiger charge is -2.13. The SMILES string of the molecule is COC(=O)CCNC(=O)N[C@@H](CC(=O)OC)C(=O)O. The molecule has 2 amide bonds. The van der Waals surface area contributed by atoms with Gasteiger partial charge >= 0.3 is 23.9 Å². The van der Waals surface area contributed by atoms with Crippen molar-refractivity contribution in [2.45, 2.75) is 18.9 Å². The van der Waals surface area contributed by atoms with Gasteiger partial charge in [0, 0.05) is 6.54 Å². The molecule has 0 saturated carbocycles. The summed E-state index contributed by atoms with van der Waals surface area (Å²) < 4.78 is 8.66. The van der Waals surface area contributed by atoms with Gasteiger partial charge in [0.15, 0.2) is 0 Å². The van der Waals surface area contributed by atoms with Gasteiger partial charge in [0.05, 0.1) is 27.1 Å². The molecule has 9 nitrogen and oxygen atoms in total. The van der Waals surface area contributed by atoms with E-state index >= 15 is 0 Å². The minimum absolute atomic E-state index is 0.0108. The number of esters is 2. The molecule has 19 heavy (non-hydrogen) atoms. The average molecular weight is 276 g/mol. The molecule has 3 N–H and O–H groups in total. The fourth-order valence-corrected chi connectivity index (χ4v) is 1.04. The molecule has 0 aromatic carbocycles. The molecule has 0 aliphatic heterocycles. The molecular weight excluding hydrogens is 260 g/mol. The molecule has 0 unspecified atom stereocenters. The van der Waals surface area contributed by atoms with Gasteiger partial charge in [-0.1, -0.05) is 0 Å². The summed E-state index contributed by atoms with van der Waals surface area (Å²) >= 11 is 0. The molecule has 0 bridgehead atoms. The number of methoxy groups -OCH3 is 2. The van der Waals surface area contributed by atoms with Crippen LogP contribution in [0.3, 0.4) is 0 Å². The van der Waals surface area contributed by atoms with Crippen LogP contribution < -0.4 is 10.6 Å². The van der Waals surface area contributed by atoms with Crippen LogP contribution in [0, 0.1) is 0 Å². The van der Waals surface area contributed by atoms with Crippen molar-refractivity contribution in [3.8, 4) is 0 Å². The Morgan fingerprint density at radius 3 is 2.16 bits per heavy atom. The molecule has 0 saturated heterocycles. The minimum atomic E-state index is -1.40. The topological polar surface area (TPSA) is 131 Å². The van der Waals surface area contributed by atoms with E-state index in [1.807, 2.05) is 0 Å². The molecule has 0 rings (SSSR count). The quantitative estimate of drug-likeness (QED) is 0.501. The standard InChI is InChI=1S/C10H16N2O7/c1-18-7(13)3-4-11-10(17)12-6(9(15)16)5-8(14)19-2/h6H,3-5H2,1-2H3,(H,15,16)(H2,11,12,17)/t6-/m0/s1. The van der Waals surface area contributed by atoms with Crippen molar-refractivity contribution in [1.29, 1.82) is 0 Å². The van der Waals surface area contributed by atoms with Crippen LogP contribution in [0.4, 0.5) is 4.79 Å². The number of aliphatic carboxylic acids is 1. The molecule has 0 aromatic rings. The number of hydrogen-bond donors (Lipinski definition) is 3. The van der Waals surface area contributed by atoms with Crippen LogP contribution in [-0.2, 0) is 23.9 Å². The van der Waals surface area contributed by atoms with Crippen LogP contribution in [0.1, 0.15) is 12.8 Å². The number of nitrogens with one attached hydrogen (secondary N) is 2. The monoisotopic (exact) mass is 276 g/mol. The van der Waals surface area contributed by atoms with Gasteiger partial charge < -0.3 is 25.2 Å². The van der Waals surface area contributed by atoms with Crippen molar-refractivity contribution in [2.75, 3.05) is 20.8 Å². The first-order valence-electron chi connectivity index (χ1n) is 5.31. The maximum absolute atomic E-state index is 11.3. The molecule has 0 radical (unpaired) electrons. The van der Waals surface area contributed by atoms with Gasteiger partial charge in [-0.05, 0) is 0 Å². The third kappa shape index (κ3) is 7.58. The summed E-state index contributed by atoms with van der Waals surface area (Å²) in [6.45, 7) is -0.0108. The van der Waals surface area contributed by atoms with E-state index < -0.39 is 36.4 Å². The first-order chi connectivity index (χ1) is 8.90. The third-order valence-corrected chi connectivity index (χ3v) is 2.04. The molecule has 0 aromatic heterocycles. The molecule has 9 heteroatoms. The molecule has 0 spiro atoms. The molecule has 0 aliphatic rings. The van der Waals surface area contributed by atoms with E-state index in [-0.39, 0.29) is 13.0 Å². The zero-order chi connectivity index (χ0) is 14.8. The zero-order valence-corrected chi connectivity index (χ0v) is 10.6. The predicted molar refractivity (Wildman–Crippen MR) is 61.2 cm³/mol. The number of rotatable bonds is 7. The Hall–Kier alpha value is -2.32. The number of carboxylic acid groups (broad SMARTS) is 1. The van der Waals surface area contributed by atoms with E-state index in [0.717, 1.165) is 7.11 Å². The van der Waals surface area contributed by atoms with Gasteiger partial charge in [-0.2, -0.15) is 0 Å². The molecular formula is C10H16N2O7. The van der Waals surface area contributed by atoms with E-state index in [1.54, 1.807) is 0 Å². The smallest absolute Gasteiger partial charge is 0.326 e. The Morgan fingerprint density at radius 2 is 1.68 bits per heavy atom.